The van der Waals surface area contributed by atoms with Crippen molar-refractivity contribution in [1.82, 2.24) is 10.3 Å². The normalized spacial score (nSPS) is 12.2. The molecule has 1 N–H and O–H groups in total. The van der Waals surface area contributed by atoms with Crippen molar-refractivity contribution in [2.45, 2.75) is 32.6 Å². The van der Waals surface area contributed by atoms with E-state index in [2.05, 4.69) is 24.1 Å². The molecule has 2 aromatic rings. The number of aromatic nitrogens is 1. The van der Waals surface area contributed by atoms with Gasteiger partial charge in [-0.1, -0.05) is 43.6 Å². The zero-order chi connectivity index (χ0) is 16.7. The van der Waals surface area contributed by atoms with Gasteiger partial charge in [-0.2, -0.15) is 0 Å². The largest absolute Gasteiger partial charge is 0.356 e. The molecule has 0 fully saturated rings. The molecule has 1 heterocycles. The third kappa shape index (κ3) is 5.68. The highest BCUT2D eigenvalue weighted by Crippen LogP contribution is 2.23. The smallest absolute Gasteiger partial charge is 0.227 e. The van der Waals surface area contributed by atoms with Crippen molar-refractivity contribution in [3.05, 3.63) is 64.9 Å². The molecule has 1 aromatic carbocycles. The Bertz CT molecular complexity index is 611. The van der Waals surface area contributed by atoms with Crippen LogP contribution in [0.4, 0.5) is 0 Å². The lowest BCUT2D eigenvalue weighted by Crippen LogP contribution is -2.31. The summed E-state index contributed by atoms with van der Waals surface area (Å²) < 4.78 is 0. The quantitative estimate of drug-likeness (QED) is 0.825. The van der Waals surface area contributed by atoms with E-state index in [1.165, 1.54) is 0 Å². The molecule has 0 aliphatic carbocycles. The standard InChI is InChI=1S/C19H23ClN2O/c1-14(2)9-11-22-19(23)18(12-15-4-3-10-21-13-15)16-5-7-17(20)8-6-16/h3-8,10,13-14,18H,9,11-12H2,1-2H3,(H,22,23). The summed E-state index contributed by atoms with van der Waals surface area (Å²) in [6.45, 7) is 5.00. The summed E-state index contributed by atoms with van der Waals surface area (Å²) in [6.07, 6.45) is 5.16. The van der Waals surface area contributed by atoms with Crippen LogP contribution in [-0.4, -0.2) is 17.4 Å². The van der Waals surface area contributed by atoms with Gasteiger partial charge in [0.2, 0.25) is 5.91 Å². The Kier molecular flexibility index (Phi) is 6.60. The lowest BCUT2D eigenvalue weighted by molar-refractivity contribution is -0.122. The lowest BCUT2D eigenvalue weighted by atomic mass is 9.91. The maximum Gasteiger partial charge on any atom is 0.227 e. The zero-order valence-corrected chi connectivity index (χ0v) is 14.4. The van der Waals surface area contributed by atoms with Crippen LogP contribution in [0.5, 0.6) is 0 Å². The van der Waals surface area contributed by atoms with Gasteiger partial charge >= 0.3 is 0 Å². The van der Waals surface area contributed by atoms with Crippen molar-refractivity contribution in [1.29, 1.82) is 0 Å². The number of carbonyl (C=O) groups excluding carboxylic acids is 1. The first kappa shape index (κ1) is 17.5. The number of benzene rings is 1. The number of hydrogen-bond acceptors (Lipinski definition) is 2. The summed E-state index contributed by atoms with van der Waals surface area (Å²) in [5, 5.41) is 3.73. The average molecular weight is 331 g/mol. The summed E-state index contributed by atoms with van der Waals surface area (Å²) >= 11 is 5.96. The van der Waals surface area contributed by atoms with Crippen molar-refractivity contribution < 1.29 is 4.79 Å². The highest BCUT2D eigenvalue weighted by atomic mass is 35.5. The second kappa shape index (κ2) is 8.68. The molecule has 0 radical (unpaired) electrons. The molecule has 0 aliphatic rings. The molecule has 1 amide bonds. The van der Waals surface area contributed by atoms with Crippen LogP contribution in [0.25, 0.3) is 0 Å². The molecule has 122 valence electrons. The van der Waals surface area contributed by atoms with E-state index < -0.39 is 0 Å². The summed E-state index contributed by atoms with van der Waals surface area (Å²) in [4.78, 5) is 16.8. The van der Waals surface area contributed by atoms with Crippen LogP contribution >= 0.6 is 11.6 Å². The van der Waals surface area contributed by atoms with E-state index >= 15 is 0 Å². The Labute approximate surface area is 143 Å². The van der Waals surface area contributed by atoms with Crippen LogP contribution in [0.3, 0.4) is 0 Å². The van der Waals surface area contributed by atoms with Crippen LogP contribution in [0.1, 0.15) is 37.3 Å². The number of halogens is 1. The molecule has 0 saturated carbocycles. The molecule has 0 aliphatic heterocycles. The molecule has 1 atom stereocenters. The Morgan fingerprint density at radius 2 is 1.96 bits per heavy atom. The summed E-state index contributed by atoms with van der Waals surface area (Å²) in [5.41, 5.74) is 2.02. The van der Waals surface area contributed by atoms with E-state index in [-0.39, 0.29) is 11.8 Å². The van der Waals surface area contributed by atoms with Crippen molar-refractivity contribution in [3.8, 4) is 0 Å². The highest BCUT2D eigenvalue weighted by Gasteiger charge is 2.21. The van der Waals surface area contributed by atoms with Gasteiger partial charge in [-0.05, 0) is 48.1 Å². The molecule has 23 heavy (non-hydrogen) atoms. The van der Waals surface area contributed by atoms with E-state index in [0.29, 0.717) is 23.9 Å². The minimum atomic E-state index is -0.233. The second-order valence-corrected chi connectivity index (χ2v) is 6.58. The maximum atomic E-state index is 12.6. The van der Waals surface area contributed by atoms with Gasteiger partial charge in [-0.25, -0.2) is 0 Å². The Morgan fingerprint density at radius 1 is 1.22 bits per heavy atom. The lowest BCUT2D eigenvalue weighted by Gasteiger charge is -2.18. The number of hydrogen-bond donors (Lipinski definition) is 1. The zero-order valence-electron chi connectivity index (χ0n) is 13.6. The fourth-order valence-electron chi connectivity index (χ4n) is 2.42. The van der Waals surface area contributed by atoms with Gasteiger partial charge in [0.25, 0.3) is 0 Å². The van der Waals surface area contributed by atoms with Gasteiger partial charge < -0.3 is 5.32 Å². The highest BCUT2D eigenvalue weighted by molar-refractivity contribution is 6.30. The molecule has 0 saturated heterocycles. The van der Waals surface area contributed by atoms with Crippen molar-refractivity contribution >= 4 is 17.5 Å². The first-order valence-corrected chi connectivity index (χ1v) is 8.36. The fourth-order valence-corrected chi connectivity index (χ4v) is 2.54. The SMILES string of the molecule is CC(C)CCNC(=O)C(Cc1cccnc1)c1ccc(Cl)cc1. The topological polar surface area (TPSA) is 42.0 Å². The first-order valence-electron chi connectivity index (χ1n) is 7.98. The van der Waals surface area contributed by atoms with Crippen LogP contribution in [0.2, 0.25) is 5.02 Å². The monoisotopic (exact) mass is 330 g/mol. The van der Waals surface area contributed by atoms with Crippen LogP contribution in [0.15, 0.2) is 48.8 Å². The molecule has 4 heteroatoms. The van der Waals surface area contributed by atoms with Crippen molar-refractivity contribution in [2.24, 2.45) is 5.92 Å². The molecular weight excluding hydrogens is 308 g/mol. The Hall–Kier alpha value is -1.87. The molecule has 0 spiro atoms. The van der Waals surface area contributed by atoms with Crippen molar-refractivity contribution in [2.75, 3.05) is 6.54 Å². The predicted molar refractivity (Wildman–Crippen MR) is 94.6 cm³/mol. The van der Waals surface area contributed by atoms with E-state index in [4.69, 9.17) is 11.6 Å². The number of rotatable bonds is 7. The van der Waals surface area contributed by atoms with Crippen LogP contribution in [-0.2, 0) is 11.2 Å². The fraction of sp³-hybridized carbons (Fsp3) is 0.368. The van der Waals surface area contributed by atoms with Crippen molar-refractivity contribution in [3.63, 3.8) is 0 Å². The minimum absolute atomic E-state index is 0.0526. The molecule has 3 nitrogen and oxygen atoms in total. The average Bonchev–Trinajstić information content (AvgIpc) is 2.54. The molecule has 1 aromatic heterocycles. The minimum Gasteiger partial charge on any atom is -0.356 e. The van der Waals surface area contributed by atoms with Gasteiger partial charge in [0.15, 0.2) is 0 Å². The Balaban J connectivity index is 2.13. The molecule has 1 unspecified atom stereocenters. The van der Waals surface area contributed by atoms with Gasteiger partial charge in [0.05, 0.1) is 5.92 Å². The van der Waals surface area contributed by atoms with E-state index in [0.717, 1.165) is 17.5 Å². The van der Waals surface area contributed by atoms with E-state index in [9.17, 15) is 4.79 Å². The van der Waals surface area contributed by atoms with Gasteiger partial charge in [0, 0.05) is 24.0 Å². The Morgan fingerprint density at radius 3 is 2.57 bits per heavy atom. The molecule has 0 bridgehead atoms. The van der Waals surface area contributed by atoms with Crippen LogP contribution < -0.4 is 5.32 Å². The predicted octanol–water partition coefficient (Wildman–Crippen LogP) is 4.22. The first-order chi connectivity index (χ1) is 11.1. The number of nitrogens with zero attached hydrogens (tertiary/aromatic N) is 1. The summed E-state index contributed by atoms with van der Waals surface area (Å²) in [5.74, 6) is 0.392. The van der Waals surface area contributed by atoms with E-state index in [1.807, 2.05) is 42.6 Å². The maximum absolute atomic E-state index is 12.6. The van der Waals surface area contributed by atoms with E-state index in [1.54, 1.807) is 6.20 Å². The van der Waals surface area contributed by atoms with Gasteiger partial charge in [-0.3, -0.25) is 9.78 Å². The molecule has 2 rings (SSSR count). The third-order valence-electron chi connectivity index (χ3n) is 3.77. The van der Waals surface area contributed by atoms with Gasteiger partial charge in [-0.15, -0.1) is 0 Å². The third-order valence-corrected chi connectivity index (χ3v) is 4.02. The number of carbonyl (C=O) groups is 1. The van der Waals surface area contributed by atoms with Gasteiger partial charge in [0.1, 0.15) is 0 Å². The number of amides is 1. The van der Waals surface area contributed by atoms with Crippen LogP contribution in [0, 0.1) is 5.92 Å². The summed E-state index contributed by atoms with van der Waals surface area (Å²) in [7, 11) is 0. The number of pyridine rings is 1. The molecular formula is C19H23ClN2O. The number of nitrogens with one attached hydrogen (secondary N) is 1. The summed E-state index contributed by atoms with van der Waals surface area (Å²) in [6, 6.07) is 11.4. The second-order valence-electron chi connectivity index (χ2n) is 6.14.